The average molecular weight is 262 g/mol. The van der Waals surface area contributed by atoms with Gasteiger partial charge in [-0.05, 0) is 56.5 Å². The van der Waals surface area contributed by atoms with Gasteiger partial charge in [-0.3, -0.25) is 4.79 Å². The molecule has 4 heteroatoms. The van der Waals surface area contributed by atoms with Crippen molar-refractivity contribution in [2.45, 2.75) is 35.8 Å². The van der Waals surface area contributed by atoms with Crippen molar-refractivity contribution in [2.24, 2.45) is 0 Å². The van der Waals surface area contributed by atoms with Crippen LogP contribution in [0, 0.1) is 0 Å². The second-order valence-electron chi connectivity index (χ2n) is 5.03. The zero-order valence-electron chi connectivity index (χ0n) is 10.5. The smallest absolute Gasteiger partial charge is 0.237 e. The Labute approximate surface area is 112 Å². The molecule has 0 aromatic heterocycles. The SMILES string of the molecule is CC1Sc2cc(C3CCNCC3)ccc2NC1=O. The van der Waals surface area contributed by atoms with Gasteiger partial charge in [0.2, 0.25) is 5.91 Å². The first kappa shape index (κ1) is 12.1. The van der Waals surface area contributed by atoms with Crippen molar-refractivity contribution in [3.05, 3.63) is 23.8 Å². The van der Waals surface area contributed by atoms with Crippen LogP contribution in [-0.4, -0.2) is 24.2 Å². The Hall–Kier alpha value is -1.00. The zero-order chi connectivity index (χ0) is 12.5. The number of hydrogen-bond acceptors (Lipinski definition) is 3. The lowest BCUT2D eigenvalue weighted by molar-refractivity contribution is -0.115. The molecule has 2 N–H and O–H groups in total. The normalized spacial score (nSPS) is 24.5. The van der Waals surface area contributed by atoms with E-state index in [0.717, 1.165) is 18.8 Å². The molecule has 96 valence electrons. The van der Waals surface area contributed by atoms with E-state index in [-0.39, 0.29) is 11.2 Å². The Bertz CT molecular complexity index is 469. The molecule has 18 heavy (non-hydrogen) atoms. The van der Waals surface area contributed by atoms with Crippen LogP contribution in [-0.2, 0) is 4.79 Å². The van der Waals surface area contributed by atoms with Gasteiger partial charge in [0.25, 0.3) is 0 Å². The molecule has 0 radical (unpaired) electrons. The van der Waals surface area contributed by atoms with Gasteiger partial charge in [0.1, 0.15) is 0 Å². The topological polar surface area (TPSA) is 41.1 Å². The van der Waals surface area contributed by atoms with E-state index in [9.17, 15) is 4.79 Å². The molecule has 1 atom stereocenters. The third-order valence-electron chi connectivity index (χ3n) is 3.75. The molecule has 1 aromatic carbocycles. The van der Waals surface area contributed by atoms with Crippen LogP contribution in [0.25, 0.3) is 0 Å². The molecule has 1 fully saturated rings. The molecule has 0 spiro atoms. The maximum Gasteiger partial charge on any atom is 0.237 e. The van der Waals surface area contributed by atoms with Gasteiger partial charge in [-0.2, -0.15) is 0 Å². The molecule has 1 saturated heterocycles. The molecule has 1 aromatic rings. The van der Waals surface area contributed by atoms with E-state index in [1.807, 2.05) is 6.92 Å². The maximum absolute atomic E-state index is 11.6. The number of carbonyl (C=O) groups is 1. The standard InChI is InChI=1S/C14H18N2OS/c1-9-14(17)16-12-3-2-11(8-13(12)18-9)10-4-6-15-7-5-10/h2-3,8-10,15H,4-7H2,1H3,(H,16,17). The minimum atomic E-state index is 0.0146. The predicted octanol–water partition coefficient (Wildman–Crippen LogP) is 2.59. The van der Waals surface area contributed by atoms with Gasteiger partial charge >= 0.3 is 0 Å². The number of fused-ring (bicyclic) bond motifs is 1. The van der Waals surface area contributed by atoms with E-state index in [2.05, 4.69) is 28.8 Å². The van der Waals surface area contributed by atoms with Crippen molar-refractivity contribution in [1.29, 1.82) is 0 Å². The first-order chi connectivity index (χ1) is 8.74. The summed E-state index contributed by atoms with van der Waals surface area (Å²) in [6.45, 7) is 4.18. The minimum Gasteiger partial charge on any atom is -0.324 e. The Morgan fingerprint density at radius 3 is 2.83 bits per heavy atom. The van der Waals surface area contributed by atoms with E-state index in [1.165, 1.54) is 23.3 Å². The first-order valence-electron chi connectivity index (χ1n) is 6.56. The third kappa shape index (κ3) is 2.27. The Morgan fingerprint density at radius 1 is 1.28 bits per heavy atom. The lowest BCUT2D eigenvalue weighted by Crippen LogP contribution is -2.28. The van der Waals surface area contributed by atoms with Crippen LogP contribution in [0.15, 0.2) is 23.1 Å². The summed E-state index contributed by atoms with van der Waals surface area (Å²) < 4.78 is 0. The molecule has 3 nitrogen and oxygen atoms in total. The third-order valence-corrected chi connectivity index (χ3v) is 4.91. The van der Waals surface area contributed by atoms with Gasteiger partial charge < -0.3 is 10.6 Å². The number of amides is 1. The zero-order valence-corrected chi connectivity index (χ0v) is 11.3. The fourth-order valence-electron chi connectivity index (χ4n) is 2.63. The summed E-state index contributed by atoms with van der Waals surface area (Å²) in [4.78, 5) is 12.8. The molecular formula is C14H18N2OS. The number of nitrogens with one attached hydrogen (secondary N) is 2. The molecule has 1 unspecified atom stereocenters. The Balaban J connectivity index is 1.86. The molecule has 2 aliphatic rings. The monoisotopic (exact) mass is 262 g/mol. The van der Waals surface area contributed by atoms with Crippen LogP contribution >= 0.6 is 11.8 Å². The van der Waals surface area contributed by atoms with Gasteiger partial charge in [-0.15, -0.1) is 11.8 Å². The molecule has 1 amide bonds. The highest BCUT2D eigenvalue weighted by molar-refractivity contribution is 8.00. The van der Waals surface area contributed by atoms with Gasteiger partial charge in [-0.1, -0.05) is 6.07 Å². The predicted molar refractivity (Wildman–Crippen MR) is 75.2 cm³/mol. The van der Waals surface area contributed by atoms with E-state index >= 15 is 0 Å². The minimum absolute atomic E-state index is 0.0146. The summed E-state index contributed by atoms with van der Waals surface area (Å²) in [5.41, 5.74) is 2.40. The largest absolute Gasteiger partial charge is 0.324 e. The van der Waals surface area contributed by atoms with Crippen molar-refractivity contribution in [3.63, 3.8) is 0 Å². The van der Waals surface area contributed by atoms with Crippen LogP contribution in [0.5, 0.6) is 0 Å². The summed E-state index contributed by atoms with van der Waals surface area (Å²) >= 11 is 1.67. The molecule has 2 heterocycles. The summed E-state index contributed by atoms with van der Waals surface area (Å²) in [5.74, 6) is 0.784. The number of benzene rings is 1. The lowest BCUT2D eigenvalue weighted by Gasteiger charge is -2.26. The molecule has 3 rings (SSSR count). The lowest BCUT2D eigenvalue weighted by atomic mass is 9.90. The van der Waals surface area contributed by atoms with Crippen molar-refractivity contribution in [1.82, 2.24) is 5.32 Å². The fraction of sp³-hybridized carbons (Fsp3) is 0.500. The average Bonchev–Trinajstić information content (AvgIpc) is 2.41. The van der Waals surface area contributed by atoms with E-state index in [1.54, 1.807) is 11.8 Å². The molecule has 0 aliphatic carbocycles. The van der Waals surface area contributed by atoms with Gasteiger partial charge in [0, 0.05) is 4.90 Å². The van der Waals surface area contributed by atoms with E-state index < -0.39 is 0 Å². The van der Waals surface area contributed by atoms with Gasteiger partial charge in [-0.25, -0.2) is 0 Å². The maximum atomic E-state index is 11.6. The molecule has 2 aliphatic heterocycles. The van der Waals surface area contributed by atoms with Crippen LogP contribution in [0.3, 0.4) is 0 Å². The highest BCUT2D eigenvalue weighted by Gasteiger charge is 2.24. The van der Waals surface area contributed by atoms with Crippen LogP contribution in [0.1, 0.15) is 31.2 Å². The highest BCUT2D eigenvalue weighted by atomic mass is 32.2. The molecule has 0 bridgehead atoms. The number of rotatable bonds is 1. The number of thioether (sulfide) groups is 1. The Morgan fingerprint density at radius 2 is 2.06 bits per heavy atom. The summed E-state index contributed by atoms with van der Waals surface area (Å²) in [6.07, 6.45) is 2.43. The fourth-order valence-corrected chi connectivity index (χ4v) is 3.62. The van der Waals surface area contributed by atoms with Crippen molar-refractivity contribution < 1.29 is 4.79 Å². The van der Waals surface area contributed by atoms with E-state index in [4.69, 9.17) is 0 Å². The van der Waals surface area contributed by atoms with Crippen LogP contribution in [0.2, 0.25) is 0 Å². The van der Waals surface area contributed by atoms with Gasteiger partial charge in [0.05, 0.1) is 10.9 Å². The first-order valence-corrected chi connectivity index (χ1v) is 7.44. The van der Waals surface area contributed by atoms with E-state index in [0.29, 0.717) is 5.92 Å². The van der Waals surface area contributed by atoms with Crippen molar-refractivity contribution in [3.8, 4) is 0 Å². The van der Waals surface area contributed by atoms with Crippen molar-refractivity contribution >= 4 is 23.4 Å². The quantitative estimate of drug-likeness (QED) is 0.817. The summed E-state index contributed by atoms with van der Waals surface area (Å²) in [7, 11) is 0. The van der Waals surface area contributed by atoms with Crippen molar-refractivity contribution in [2.75, 3.05) is 18.4 Å². The van der Waals surface area contributed by atoms with Gasteiger partial charge in [0.15, 0.2) is 0 Å². The number of piperidine rings is 1. The number of carbonyl (C=O) groups excluding carboxylic acids is 1. The Kier molecular flexibility index (Phi) is 3.31. The summed E-state index contributed by atoms with van der Waals surface area (Å²) in [6, 6.07) is 6.50. The number of anilines is 1. The molecule has 0 saturated carbocycles. The molecular weight excluding hydrogens is 244 g/mol. The highest BCUT2D eigenvalue weighted by Crippen LogP contribution is 2.38. The second kappa shape index (κ2) is 4.94. The number of hydrogen-bond donors (Lipinski definition) is 2. The van der Waals surface area contributed by atoms with Crippen LogP contribution < -0.4 is 10.6 Å². The summed E-state index contributed by atoms with van der Waals surface area (Å²) in [5, 5.41) is 6.38. The van der Waals surface area contributed by atoms with Crippen LogP contribution in [0.4, 0.5) is 5.69 Å². The second-order valence-corrected chi connectivity index (χ2v) is 6.41.